The van der Waals surface area contributed by atoms with Crippen LogP contribution in [-0.4, -0.2) is 37.4 Å². The minimum atomic E-state index is -1.24. The lowest BCUT2D eigenvalue weighted by Gasteiger charge is -2.19. The van der Waals surface area contributed by atoms with E-state index in [1.54, 1.807) is 45.2 Å². The molecule has 1 amide bonds. The van der Waals surface area contributed by atoms with E-state index < -0.39 is 23.5 Å². The van der Waals surface area contributed by atoms with Crippen LogP contribution in [0.5, 0.6) is 0 Å². The van der Waals surface area contributed by atoms with Crippen LogP contribution in [0.1, 0.15) is 36.8 Å². The van der Waals surface area contributed by atoms with Gasteiger partial charge in [-0.3, -0.25) is 0 Å². The summed E-state index contributed by atoms with van der Waals surface area (Å²) in [4.78, 5) is 27.3. The fourth-order valence-electron chi connectivity index (χ4n) is 2.58. The van der Waals surface area contributed by atoms with Crippen LogP contribution in [0.15, 0.2) is 36.5 Å². The van der Waals surface area contributed by atoms with E-state index in [2.05, 4.69) is 15.4 Å². The number of halogens is 1. The highest BCUT2D eigenvalue weighted by atomic mass is 19.1. The summed E-state index contributed by atoms with van der Waals surface area (Å²) in [5.41, 5.74) is -0.373. The quantitative estimate of drug-likeness (QED) is 0.713. The van der Waals surface area contributed by atoms with E-state index in [0.717, 1.165) is 0 Å². The molecule has 0 spiro atoms. The molecule has 0 bridgehead atoms. The Balaban J connectivity index is 1.92. The van der Waals surface area contributed by atoms with E-state index >= 15 is 0 Å². The molecule has 0 fully saturated rings. The number of nitrogens with zero attached hydrogens (tertiary/aromatic N) is 3. The van der Waals surface area contributed by atoms with Crippen molar-refractivity contribution in [3.05, 3.63) is 53.6 Å². The molecular formula is C19H19FN4O4. The van der Waals surface area contributed by atoms with Gasteiger partial charge >= 0.3 is 12.1 Å². The van der Waals surface area contributed by atoms with Crippen molar-refractivity contribution in [1.29, 1.82) is 0 Å². The lowest BCUT2D eigenvalue weighted by Crippen LogP contribution is -2.32. The van der Waals surface area contributed by atoms with Crippen molar-refractivity contribution in [2.75, 3.05) is 0 Å². The zero-order valence-corrected chi connectivity index (χ0v) is 15.6. The SMILES string of the molecule is CC(C)(C)OC(=O)NCc1cccc(-c2nc(C(=O)O)c3cccn3n2)c1F. The second kappa shape index (κ2) is 7.26. The second-order valence-electron chi connectivity index (χ2n) is 7.06. The van der Waals surface area contributed by atoms with Crippen molar-refractivity contribution in [3.8, 4) is 11.4 Å². The van der Waals surface area contributed by atoms with Gasteiger partial charge in [-0.2, -0.15) is 0 Å². The van der Waals surface area contributed by atoms with Crippen LogP contribution >= 0.6 is 0 Å². The highest BCUT2D eigenvalue weighted by molar-refractivity contribution is 5.93. The Morgan fingerprint density at radius 1 is 1.25 bits per heavy atom. The fourth-order valence-corrected chi connectivity index (χ4v) is 2.58. The molecule has 0 radical (unpaired) electrons. The van der Waals surface area contributed by atoms with Crippen LogP contribution < -0.4 is 5.32 Å². The summed E-state index contributed by atoms with van der Waals surface area (Å²) in [5, 5.41) is 16.0. The number of carboxylic acids is 1. The van der Waals surface area contributed by atoms with Crippen molar-refractivity contribution in [1.82, 2.24) is 19.9 Å². The number of hydrogen-bond donors (Lipinski definition) is 2. The summed E-state index contributed by atoms with van der Waals surface area (Å²) in [6.07, 6.45) is 0.883. The van der Waals surface area contributed by atoms with Gasteiger partial charge in [0.15, 0.2) is 11.5 Å². The summed E-state index contributed by atoms with van der Waals surface area (Å²) >= 11 is 0. The zero-order chi connectivity index (χ0) is 20.5. The largest absolute Gasteiger partial charge is 0.476 e. The maximum absolute atomic E-state index is 15.0. The van der Waals surface area contributed by atoms with Gasteiger partial charge in [-0.15, -0.1) is 5.10 Å². The van der Waals surface area contributed by atoms with Crippen LogP contribution in [0.2, 0.25) is 0 Å². The van der Waals surface area contributed by atoms with Gasteiger partial charge in [-0.25, -0.2) is 23.5 Å². The monoisotopic (exact) mass is 386 g/mol. The van der Waals surface area contributed by atoms with Gasteiger partial charge < -0.3 is 15.2 Å². The van der Waals surface area contributed by atoms with Gasteiger partial charge in [-0.1, -0.05) is 12.1 Å². The molecule has 3 rings (SSSR count). The molecule has 0 saturated carbocycles. The Morgan fingerprint density at radius 2 is 2.00 bits per heavy atom. The minimum absolute atomic E-state index is 0.0292. The average molecular weight is 386 g/mol. The number of aromatic nitrogens is 3. The Bertz CT molecular complexity index is 1060. The van der Waals surface area contributed by atoms with Crippen molar-refractivity contribution >= 4 is 17.6 Å². The standard InChI is InChI=1S/C19H19FN4O4/c1-19(2,3)28-18(27)21-10-11-6-4-7-12(14(11)20)16-22-15(17(25)26)13-8-5-9-24(13)23-16/h4-9H,10H2,1-3H3,(H,21,27)(H,25,26). The van der Waals surface area contributed by atoms with E-state index in [-0.39, 0.29) is 29.2 Å². The molecule has 8 nitrogen and oxygen atoms in total. The van der Waals surface area contributed by atoms with Crippen LogP contribution in [0.4, 0.5) is 9.18 Å². The molecule has 9 heteroatoms. The van der Waals surface area contributed by atoms with Gasteiger partial charge in [0, 0.05) is 18.3 Å². The number of carbonyl (C=O) groups is 2. The molecule has 2 aromatic heterocycles. The second-order valence-corrected chi connectivity index (χ2v) is 7.06. The van der Waals surface area contributed by atoms with Gasteiger partial charge in [0.05, 0.1) is 11.1 Å². The summed E-state index contributed by atoms with van der Waals surface area (Å²) in [6, 6.07) is 7.71. The van der Waals surface area contributed by atoms with Gasteiger partial charge in [0.2, 0.25) is 0 Å². The Labute approximate surface area is 160 Å². The molecule has 0 unspecified atom stereocenters. The molecule has 0 aliphatic heterocycles. The smallest absolute Gasteiger partial charge is 0.407 e. The number of hydrogen-bond acceptors (Lipinski definition) is 5. The molecule has 0 aliphatic rings. The normalized spacial score (nSPS) is 11.4. The number of fused-ring (bicyclic) bond motifs is 1. The molecule has 1 aromatic carbocycles. The highest BCUT2D eigenvalue weighted by Crippen LogP contribution is 2.23. The minimum Gasteiger partial charge on any atom is -0.476 e. The molecule has 146 valence electrons. The van der Waals surface area contributed by atoms with Gasteiger partial charge in [0.25, 0.3) is 0 Å². The molecule has 2 heterocycles. The Hall–Kier alpha value is -3.49. The van der Waals surface area contributed by atoms with E-state index in [1.165, 1.54) is 16.6 Å². The molecule has 28 heavy (non-hydrogen) atoms. The topological polar surface area (TPSA) is 106 Å². The number of benzene rings is 1. The van der Waals surface area contributed by atoms with Crippen molar-refractivity contribution in [3.63, 3.8) is 0 Å². The van der Waals surface area contributed by atoms with Crippen molar-refractivity contribution < 1.29 is 23.8 Å². The molecular weight excluding hydrogens is 367 g/mol. The van der Waals surface area contributed by atoms with E-state index in [0.29, 0.717) is 5.52 Å². The number of ether oxygens (including phenoxy) is 1. The van der Waals surface area contributed by atoms with E-state index in [1.807, 2.05) is 0 Å². The lowest BCUT2D eigenvalue weighted by molar-refractivity contribution is 0.0522. The third kappa shape index (κ3) is 4.08. The Morgan fingerprint density at radius 3 is 2.68 bits per heavy atom. The van der Waals surface area contributed by atoms with Gasteiger partial charge in [0.1, 0.15) is 11.4 Å². The molecule has 0 aliphatic carbocycles. The fraction of sp³-hybridized carbons (Fsp3) is 0.263. The maximum Gasteiger partial charge on any atom is 0.407 e. The van der Waals surface area contributed by atoms with Crippen LogP contribution in [0.25, 0.3) is 16.9 Å². The number of aromatic carboxylic acids is 1. The van der Waals surface area contributed by atoms with Crippen molar-refractivity contribution in [2.24, 2.45) is 0 Å². The summed E-state index contributed by atoms with van der Waals surface area (Å²) < 4.78 is 21.4. The van der Waals surface area contributed by atoms with Crippen molar-refractivity contribution in [2.45, 2.75) is 32.9 Å². The third-order valence-corrected chi connectivity index (χ3v) is 3.74. The first-order chi connectivity index (χ1) is 13.2. The number of carboxylic acid groups (broad SMARTS) is 1. The predicted molar refractivity (Wildman–Crippen MR) is 98.4 cm³/mol. The van der Waals surface area contributed by atoms with E-state index in [4.69, 9.17) is 4.74 Å². The van der Waals surface area contributed by atoms with Crippen LogP contribution in [0, 0.1) is 5.82 Å². The molecule has 0 saturated heterocycles. The third-order valence-electron chi connectivity index (χ3n) is 3.74. The highest BCUT2D eigenvalue weighted by Gasteiger charge is 2.20. The molecule has 3 aromatic rings. The average Bonchev–Trinajstić information content (AvgIpc) is 3.06. The van der Waals surface area contributed by atoms with Crippen LogP contribution in [-0.2, 0) is 11.3 Å². The first kappa shape index (κ1) is 19.3. The van der Waals surface area contributed by atoms with Gasteiger partial charge in [-0.05, 0) is 39.0 Å². The molecule has 2 N–H and O–H groups in total. The number of rotatable bonds is 4. The van der Waals surface area contributed by atoms with Crippen LogP contribution in [0.3, 0.4) is 0 Å². The first-order valence-corrected chi connectivity index (χ1v) is 8.49. The number of alkyl carbamates (subject to hydrolysis) is 1. The molecule has 0 atom stereocenters. The number of nitrogens with one attached hydrogen (secondary N) is 1. The maximum atomic E-state index is 15.0. The lowest BCUT2D eigenvalue weighted by atomic mass is 10.1. The summed E-state index contributed by atoms with van der Waals surface area (Å²) in [6.45, 7) is 5.07. The predicted octanol–water partition coefficient (Wildman–Crippen LogP) is 3.26. The zero-order valence-electron chi connectivity index (χ0n) is 15.6. The number of carbonyl (C=O) groups excluding carboxylic acids is 1. The summed E-state index contributed by atoms with van der Waals surface area (Å²) in [7, 11) is 0. The first-order valence-electron chi connectivity index (χ1n) is 8.49. The summed E-state index contributed by atoms with van der Waals surface area (Å²) in [5.74, 6) is -1.96. The van der Waals surface area contributed by atoms with E-state index in [9.17, 15) is 19.1 Å². The number of amides is 1. The Kier molecular flexibility index (Phi) is 5.00.